The number of amides is 2. The van der Waals surface area contributed by atoms with Crippen LogP contribution >= 0.6 is 23.2 Å². The quantitative estimate of drug-likeness (QED) is 0.500. The summed E-state index contributed by atoms with van der Waals surface area (Å²) in [6, 6.07) is 10.4. The highest BCUT2D eigenvalue weighted by Gasteiger charge is 2.31. The first-order valence-corrected chi connectivity index (χ1v) is 13.1. The summed E-state index contributed by atoms with van der Waals surface area (Å²) in [6.07, 6.45) is 0.722. The Hall–Kier alpha value is -2.13. The summed E-state index contributed by atoms with van der Waals surface area (Å²) >= 11 is 12.6. The molecule has 1 N–H and O–H groups in total. The topological polar surface area (TPSA) is 86.8 Å². The van der Waals surface area contributed by atoms with E-state index in [9.17, 15) is 18.0 Å². The monoisotopic (exact) mass is 527 g/mol. The number of benzene rings is 2. The third kappa shape index (κ3) is 6.95. The number of halogens is 2. The van der Waals surface area contributed by atoms with E-state index in [1.165, 1.54) is 24.1 Å². The van der Waals surface area contributed by atoms with E-state index < -0.39 is 28.5 Å². The van der Waals surface area contributed by atoms with E-state index >= 15 is 0 Å². The minimum absolute atomic E-state index is 0.0507. The predicted octanol–water partition coefficient (Wildman–Crippen LogP) is 4.25. The van der Waals surface area contributed by atoms with Crippen molar-refractivity contribution in [3.8, 4) is 0 Å². The average Bonchev–Trinajstić information content (AvgIpc) is 2.78. The van der Waals surface area contributed by atoms with Crippen molar-refractivity contribution in [2.75, 3.05) is 13.6 Å². The molecular formula is C24H31Cl2N3O4S. The van der Waals surface area contributed by atoms with Crippen LogP contribution in [-0.2, 0) is 26.2 Å². The predicted molar refractivity (Wildman–Crippen MR) is 135 cm³/mol. The molecule has 7 nitrogen and oxygen atoms in total. The average molecular weight is 529 g/mol. The second-order valence-corrected chi connectivity index (χ2v) is 11.1. The lowest BCUT2D eigenvalue weighted by Gasteiger charge is -2.31. The molecule has 0 aromatic heterocycles. The number of hydrogen-bond acceptors (Lipinski definition) is 4. The van der Waals surface area contributed by atoms with Gasteiger partial charge < -0.3 is 10.2 Å². The molecule has 186 valence electrons. The van der Waals surface area contributed by atoms with Crippen LogP contribution in [0.3, 0.4) is 0 Å². The molecule has 0 unspecified atom stereocenters. The SMILES string of the molecule is CC[C@@H](C)NC(=O)[C@@H](C)N(Cc1c(Cl)cccc1Cl)C(=O)CN(C)S(=O)(=O)c1ccc(C)cc1. The van der Waals surface area contributed by atoms with Crippen LogP contribution in [0.1, 0.15) is 38.3 Å². The van der Waals surface area contributed by atoms with Crippen molar-refractivity contribution in [1.82, 2.24) is 14.5 Å². The van der Waals surface area contributed by atoms with Gasteiger partial charge in [-0.2, -0.15) is 4.31 Å². The van der Waals surface area contributed by atoms with Gasteiger partial charge in [0.2, 0.25) is 21.8 Å². The minimum atomic E-state index is -3.91. The van der Waals surface area contributed by atoms with Gasteiger partial charge in [-0.15, -0.1) is 0 Å². The molecule has 34 heavy (non-hydrogen) atoms. The Bertz CT molecular complexity index is 1100. The number of sulfonamides is 1. The first kappa shape index (κ1) is 28.1. The zero-order valence-corrected chi connectivity index (χ0v) is 22.3. The molecule has 0 spiro atoms. The number of nitrogens with zero attached hydrogens (tertiary/aromatic N) is 2. The molecule has 0 fully saturated rings. The molecule has 0 heterocycles. The number of nitrogens with one attached hydrogen (secondary N) is 1. The van der Waals surface area contributed by atoms with Gasteiger partial charge in [-0.1, -0.05) is 53.9 Å². The summed E-state index contributed by atoms with van der Waals surface area (Å²) in [4.78, 5) is 27.6. The van der Waals surface area contributed by atoms with Crippen LogP contribution in [-0.4, -0.2) is 55.1 Å². The number of likely N-dealkylation sites (N-methyl/N-ethyl adjacent to an activating group) is 1. The number of rotatable bonds is 10. The zero-order valence-electron chi connectivity index (χ0n) is 20.0. The largest absolute Gasteiger partial charge is 0.352 e. The Labute approximate surface area is 212 Å². The lowest BCUT2D eigenvalue weighted by Crippen LogP contribution is -2.52. The van der Waals surface area contributed by atoms with Crippen molar-refractivity contribution < 1.29 is 18.0 Å². The van der Waals surface area contributed by atoms with Gasteiger partial charge in [0, 0.05) is 35.2 Å². The number of carbonyl (C=O) groups is 2. The van der Waals surface area contributed by atoms with Crippen molar-refractivity contribution in [2.24, 2.45) is 0 Å². The standard InChI is InChI=1S/C24H31Cl2N3O4S/c1-6-17(3)27-24(31)18(4)29(14-20-21(25)8-7-9-22(20)26)23(30)15-28(5)34(32,33)19-12-10-16(2)11-13-19/h7-13,17-18H,6,14-15H2,1-5H3,(H,27,31)/t17-,18-/m1/s1. The Morgan fingerprint density at radius 3 is 2.12 bits per heavy atom. The number of carbonyl (C=O) groups excluding carboxylic acids is 2. The van der Waals surface area contributed by atoms with Crippen molar-refractivity contribution in [1.29, 1.82) is 0 Å². The molecule has 0 aliphatic rings. The van der Waals surface area contributed by atoms with Gasteiger partial charge in [0.25, 0.3) is 0 Å². The molecule has 0 bridgehead atoms. The molecule has 0 aliphatic carbocycles. The van der Waals surface area contributed by atoms with E-state index in [4.69, 9.17) is 23.2 Å². The molecule has 0 saturated carbocycles. The van der Waals surface area contributed by atoms with E-state index in [1.54, 1.807) is 37.3 Å². The molecule has 0 aliphatic heterocycles. The van der Waals surface area contributed by atoms with Crippen molar-refractivity contribution in [2.45, 2.75) is 57.6 Å². The normalized spacial score (nSPS) is 13.4. The fraction of sp³-hybridized carbons (Fsp3) is 0.417. The maximum absolute atomic E-state index is 13.4. The van der Waals surface area contributed by atoms with Crippen LogP contribution in [0.2, 0.25) is 10.0 Å². The molecular weight excluding hydrogens is 497 g/mol. The summed E-state index contributed by atoms with van der Waals surface area (Å²) in [5, 5.41) is 3.56. The van der Waals surface area contributed by atoms with Crippen molar-refractivity contribution in [3.63, 3.8) is 0 Å². The van der Waals surface area contributed by atoms with E-state index in [-0.39, 0.29) is 23.4 Å². The van der Waals surface area contributed by atoms with Gasteiger partial charge in [-0.05, 0) is 51.5 Å². The van der Waals surface area contributed by atoms with Gasteiger partial charge in [0.15, 0.2) is 0 Å². The first-order chi connectivity index (χ1) is 15.9. The van der Waals surface area contributed by atoms with Crippen LogP contribution in [0.5, 0.6) is 0 Å². The number of aryl methyl sites for hydroxylation is 1. The molecule has 2 amide bonds. The summed E-state index contributed by atoms with van der Waals surface area (Å²) < 4.78 is 27.0. The highest BCUT2D eigenvalue weighted by atomic mass is 35.5. The minimum Gasteiger partial charge on any atom is -0.352 e. The number of hydrogen-bond donors (Lipinski definition) is 1. The summed E-state index contributed by atoms with van der Waals surface area (Å²) in [6.45, 7) is 6.74. The maximum Gasteiger partial charge on any atom is 0.243 e. The van der Waals surface area contributed by atoms with Crippen molar-refractivity contribution >= 4 is 45.0 Å². The Balaban J connectivity index is 2.34. The molecule has 2 atom stereocenters. The second kappa shape index (κ2) is 12.0. The Morgan fingerprint density at radius 2 is 1.59 bits per heavy atom. The highest BCUT2D eigenvalue weighted by molar-refractivity contribution is 7.89. The van der Waals surface area contributed by atoms with Crippen LogP contribution < -0.4 is 5.32 Å². The molecule has 10 heteroatoms. The van der Waals surface area contributed by atoms with Gasteiger partial charge in [0.05, 0.1) is 11.4 Å². The summed E-state index contributed by atoms with van der Waals surface area (Å²) in [5.41, 5.74) is 1.40. The molecule has 0 radical (unpaired) electrons. The lowest BCUT2D eigenvalue weighted by molar-refractivity contribution is -0.140. The van der Waals surface area contributed by atoms with Crippen molar-refractivity contribution in [3.05, 3.63) is 63.6 Å². The summed E-state index contributed by atoms with van der Waals surface area (Å²) in [5.74, 6) is -0.907. The van der Waals surface area contributed by atoms with Crippen LogP contribution in [0.4, 0.5) is 0 Å². The Kier molecular flexibility index (Phi) is 9.94. The fourth-order valence-corrected chi connectivity index (χ4v) is 4.80. The van der Waals surface area contributed by atoms with E-state index in [2.05, 4.69) is 5.32 Å². The fourth-order valence-electron chi connectivity index (χ4n) is 3.16. The van der Waals surface area contributed by atoms with Crippen LogP contribution in [0, 0.1) is 6.92 Å². The van der Waals surface area contributed by atoms with Gasteiger partial charge in [0.1, 0.15) is 6.04 Å². The first-order valence-electron chi connectivity index (χ1n) is 10.9. The second-order valence-electron chi connectivity index (χ2n) is 8.29. The van der Waals surface area contributed by atoms with Crippen LogP contribution in [0.25, 0.3) is 0 Å². The third-order valence-electron chi connectivity index (χ3n) is 5.65. The Morgan fingerprint density at radius 1 is 1.03 bits per heavy atom. The molecule has 0 saturated heterocycles. The molecule has 2 rings (SSSR count). The van der Waals surface area contributed by atoms with Gasteiger partial charge in [-0.3, -0.25) is 9.59 Å². The highest BCUT2D eigenvalue weighted by Crippen LogP contribution is 2.27. The zero-order chi connectivity index (χ0) is 25.6. The van der Waals surface area contributed by atoms with Crippen LogP contribution in [0.15, 0.2) is 47.4 Å². The maximum atomic E-state index is 13.4. The third-order valence-corrected chi connectivity index (χ3v) is 8.17. The summed E-state index contributed by atoms with van der Waals surface area (Å²) in [7, 11) is -2.58. The lowest BCUT2D eigenvalue weighted by atomic mass is 10.1. The van der Waals surface area contributed by atoms with Gasteiger partial charge >= 0.3 is 0 Å². The molecule has 2 aromatic rings. The smallest absolute Gasteiger partial charge is 0.243 e. The van der Waals surface area contributed by atoms with Gasteiger partial charge in [-0.25, -0.2) is 8.42 Å². The van der Waals surface area contributed by atoms with E-state index in [1.807, 2.05) is 20.8 Å². The molecule has 2 aromatic carbocycles. The van der Waals surface area contributed by atoms with E-state index in [0.717, 1.165) is 16.3 Å². The van der Waals surface area contributed by atoms with E-state index in [0.29, 0.717) is 15.6 Å².